The molecule has 1 aromatic heterocycles. The largest absolute Gasteiger partial charge is 0.384 e. The molecule has 1 saturated heterocycles. The fraction of sp³-hybridized carbons (Fsp3) is 0.296. The van der Waals surface area contributed by atoms with E-state index in [9.17, 15) is 9.59 Å². The summed E-state index contributed by atoms with van der Waals surface area (Å²) in [5.41, 5.74) is 10.9. The van der Waals surface area contributed by atoms with Crippen LogP contribution in [0.15, 0.2) is 66.7 Å². The highest BCUT2D eigenvalue weighted by Crippen LogP contribution is 2.29. The number of nitrogens with zero attached hydrogens (tertiary/aromatic N) is 1. The molecule has 0 radical (unpaired) electrons. The van der Waals surface area contributed by atoms with Crippen LogP contribution in [0.25, 0.3) is 11.1 Å². The molecule has 0 spiro atoms. The molecular formula is C27H31N5O2. The van der Waals surface area contributed by atoms with Crippen LogP contribution in [-0.2, 0) is 16.1 Å². The summed E-state index contributed by atoms with van der Waals surface area (Å²) in [5, 5.41) is 9.01. The second-order valence-electron chi connectivity index (χ2n) is 8.81. The van der Waals surface area contributed by atoms with Gasteiger partial charge in [-0.15, -0.1) is 0 Å². The number of amides is 2. The van der Waals surface area contributed by atoms with Gasteiger partial charge in [-0.25, -0.2) is 4.98 Å². The van der Waals surface area contributed by atoms with Crippen molar-refractivity contribution in [1.82, 2.24) is 20.9 Å². The fourth-order valence-corrected chi connectivity index (χ4v) is 4.30. The van der Waals surface area contributed by atoms with E-state index in [1.807, 2.05) is 31.2 Å². The molecule has 0 saturated carbocycles. The highest BCUT2D eigenvalue weighted by molar-refractivity contribution is 5.89. The molecule has 2 aromatic carbocycles. The third-order valence-electron chi connectivity index (χ3n) is 6.33. The van der Waals surface area contributed by atoms with E-state index in [0.29, 0.717) is 18.8 Å². The lowest BCUT2D eigenvalue weighted by Gasteiger charge is -2.18. The molecule has 1 aliphatic rings. The van der Waals surface area contributed by atoms with Crippen molar-refractivity contribution in [3.63, 3.8) is 0 Å². The summed E-state index contributed by atoms with van der Waals surface area (Å²) in [4.78, 5) is 29.5. The molecule has 1 aliphatic heterocycles. The number of aryl methyl sites for hydroxylation is 1. The van der Waals surface area contributed by atoms with Crippen molar-refractivity contribution in [1.29, 1.82) is 0 Å². The Hall–Kier alpha value is -3.71. The zero-order valence-corrected chi connectivity index (χ0v) is 19.5. The number of anilines is 1. The van der Waals surface area contributed by atoms with Gasteiger partial charge < -0.3 is 21.7 Å². The van der Waals surface area contributed by atoms with Gasteiger partial charge in [-0.05, 0) is 54.5 Å². The van der Waals surface area contributed by atoms with Crippen molar-refractivity contribution in [2.45, 2.75) is 44.8 Å². The van der Waals surface area contributed by atoms with E-state index in [1.165, 1.54) is 16.7 Å². The minimum Gasteiger partial charge on any atom is -0.384 e. The normalized spacial score (nSPS) is 18.3. The Morgan fingerprint density at radius 3 is 2.62 bits per heavy atom. The first-order valence-electron chi connectivity index (χ1n) is 11.6. The van der Waals surface area contributed by atoms with Gasteiger partial charge in [0, 0.05) is 18.8 Å². The average Bonchev–Trinajstić information content (AvgIpc) is 3.34. The van der Waals surface area contributed by atoms with E-state index in [4.69, 9.17) is 5.73 Å². The van der Waals surface area contributed by atoms with Crippen LogP contribution < -0.4 is 21.7 Å². The highest BCUT2D eigenvalue weighted by atomic mass is 16.2. The molecular weight excluding hydrogens is 426 g/mol. The van der Waals surface area contributed by atoms with Crippen molar-refractivity contribution < 1.29 is 9.59 Å². The van der Waals surface area contributed by atoms with Crippen molar-refractivity contribution in [2.75, 3.05) is 12.3 Å². The molecule has 0 aliphatic carbocycles. The highest BCUT2D eigenvalue weighted by Gasteiger charge is 2.31. The molecule has 2 amide bonds. The lowest BCUT2D eigenvalue weighted by atomic mass is 9.93. The molecule has 3 atom stereocenters. The average molecular weight is 458 g/mol. The number of rotatable bonds is 7. The summed E-state index contributed by atoms with van der Waals surface area (Å²) in [6.45, 7) is 4.60. The first kappa shape index (κ1) is 23.4. The number of carbonyl (C=O) groups excluding carboxylic acids is 2. The summed E-state index contributed by atoms with van der Waals surface area (Å²) in [6.07, 6.45) is 0.689. The molecule has 7 nitrogen and oxygen atoms in total. The quantitative estimate of drug-likeness (QED) is 0.436. The molecule has 34 heavy (non-hydrogen) atoms. The summed E-state index contributed by atoms with van der Waals surface area (Å²) < 4.78 is 0. The molecule has 7 heteroatoms. The Labute approximate surface area is 200 Å². The minimum atomic E-state index is -0.642. The summed E-state index contributed by atoms with van der Waals surface area (Å²) in [7, 11) is 0. The molecule has 3 aromatic rings. The van der Waals surface area contributed by atoms with Crippen LogP contribution in [-0.4, -0.2) is 35.4 Å². The van der Waals surface area contributed by atoms with Crippen molar-refractivity contribution in [3.05, 3.63) is 83.6 Å². The smallest absolute Gasteiger partial charge is 0.242 e. The number of pyridine rings is 1. The van der Waals surface area contributed by atoms with Gasteiger partial charge in [0.2, 0.25) is 11.8 Å². The Morgan fingerprint density at radius 2 is 1.85 bits per heavy atom. The Bertz CT molecular complexity index is 1160. The number of carbonyl (C=O) groups is 2. The Balaban J connectivity index is 1.30. The van der Waals surface area contributed by atoms with E-state index in [-0.39, 0.29) is 23.8 Å². The monoisotopic (exact) mass is 457 g/mol. The maximum absolute atomic E-state index is 12.8. The first-order valence-corrected chi connectivity index (χ1v) is 11.6. The number of hydrogen-bond acceptors (Lipinski definition) is 5. The molecule has 0 bridgehead atoms. The molecule has 0 unspecified atom stereocenters. The van der Waals surface area contributed by atoms with Gasteiger partial charge in [0.25, 0.3) is 0 Å². The van der Waals surface area contributed by atoms with Gasteiger partial charge in [0.1, 0.15) is 11.9 Å². The molecule has 176 valence electrons. The number of nitrogens with two attached hydrogens (primary N) is 1. The predicted octanol–water partition coefficient (Wildman–Crippen LogP) is 2.91. The minimum absolute atomic E-state index is 0.158. The van der Waals surface area contributed by atoms with E-state index < -0.39 is 6.04 Å². The number of nitrogen functional groups attached to an aromatic ring is 1. The topological polar surface area (TPSA) is 109 Å². The van der Waals surface area contributed by atoms with Crippen LogP contribution in [0.1, 0.15) is 36.1 Å². The van der Waals surface area contributed by atoms with Gasteiger partial charge in [0.15, 0.2) is 0 Å². The van der Waals surface area contributed by atoms with Crippen LogP contribution in [0, 0.1) is 6.92 Å². The number of hydrogen-bond donors (Lipinski definition) is 4. The van der Waals surface area contributed by atoms with Crippen molar-refractivity contribution in [2.24, 2.45) is 0 Å². The first-order chi connectivity index (χ1) is 16.4. The van der Waals surface area contributed by atoms with Crippen LogP contribution >= 0.6 is 0 Å². The summed E-state index contributed by atoms with van der Waals surface area (Å²) in [5.74, 6) is 0.288. The maximum Gasteiger partial charge on any atom is 0.242 e. The van der Waals surface area contributed by atoms with Gasteiger partial charge in [-0.3, -0.25) is 9.59 Å². The van der Waals surface area contributed by atoms with Crippen LogP contribution in [0.5, 0.6) is 0 Å². The molecule has 5 N–H and O–H groups in total. The van der Waals surface area contributed by atoms with E-state index in [2.05, 4.69) is 57.3 Å². The van der Waals surface area contributed by atoms with Crippen molar-refractivity contribution in [3.8, 4) is 11.1 Å². The van der Waals surface area contributed by atoms with Gasteiger partial charge >= 0.3 is 0 Å². The second kappa shape index (κ2) is 10.5. The fourth-order valence-electron chi connectivity index (χ4n) is 4.30. The zero-order valence-electron chi connectivity index (χ0n) is 19.5. The number of aromatic nitrogens is 1. The van der Waals surface area contributed by atoms with Crippen molar-refractivity contribution >= 4 is 17.6 Å². The zero-order chi connectivity index (χ0) is 24.1. The summed E-state index contributed by atoms with van der Waals surface area (Å²) in [6, 6.07) is 21.3. The van der Waals surface area contributed by atoms with E-state index in [0.717, 1.165) is 17.8 Å². The molecule has 4 rings (SSSR count). The Kier molecular flexibility index (Phi) is 7.23. The molecule has 1 fully saturated rings. The number of nitrogens with one attached hydrogen (secondary N) is 3. The third kappa shape index (κ3) is 5.61. The third-order valence-corrected chi connectivity index (χ3v) is 6.33. The van der Waals surface area contributed by atoms with Crippen LogP contribution in [0.4, 0.5) is 5.82 Å². The van der Waals surface area contributed by atoms with Gasteiger partial charge in [-0.1, -0.05) is 60.7 Å². The van der Waals surface area contributed by atoms with E-state index in [1.54, 1.807) is 13.0 Å². The number of benzene rings is 2. The standard InChI is InChI=1S/C27H31N5O2/c1-17-22(11-12-25(28)31-17)15-30-26(33)18(2)32-27(34)24-14-23(16-29-24)21-10-6-9-20(13-21)19-7-4-3-5-8-19/h3-13,18,23-24,29H,14-16H2,1-2H3,(H2,28,31)(H,30,33)(H,32,34)/t18-,23-,24+/m0/s1. The molecule has 2 heterocycles. The van der Waals surface area contributed by atoms with Crippen LogP contribution in [0.3, 0.4) is 0 Å². The predicted molar refractivity (Wildman–Crippen MR) is 134 cm³/mol. The van der Waals surface area contributed by atoms with Gasteiger partial charge in [0.05, 0.1) is 6.04 Å². The van der Waals surface area contributed by atoms with Crippen LogP contribution in [0.2, 0.25) is 0 Å². The lowest BCUT2D eigenvalue weighted by Crippen LogP contribution is -2.50. The SMILES string of the molecule is Cc1nc(N)ccc1CNC(=O)[C@H](C)NC(=O)[C@H]1C[C@H](c2cccc(-c3ccccc3)c2)CN1. The van der Waals surface area contributed by atoms with E-state index >= 15 is 0 Å². The lowest BCUT2D eigenvalue weighted by molar-refractivity contribution is -0.129. The Morgan fingerprint density at radius 1 is 1.09 bits per heavy atom. The summed E-state index contributed by atoms with van der Waals surface area (Å²) >= 11 is 0. The van der Waals surface area contributed by atoms with Gasteiger partial charge in [-0.2, -0.15) is 0 Å². The second-order valence-corrected chi connectivity index (χ2v) is 8.81. The maximum atomic E-state index is 12.8.